The Labute approximate surface area is 120 Å². The van der Waals surface area contributed by atoms with Gasteiger partial charge in [0.15, 0.2) is 0 Å². The molecule has 2 fully saturated rings. The van der Waals surface area contributed by atoms with Crippen molar-refractivity contribution < 1.29 is 0 Å². The Balaban J connectivity index is 2.12. The summed E-state index contributed by atoms with van der Waals surface area (Å²) in [4.78, 5) is 2.85. The first-order valence-electron chi connectivity index (χ1n) is 8.64. The van der Waals surface area contributed by atoms with Gasteiger partial charge in [-0.15, -0.1) is 0 Å². The molecule has 4 unspecified atom stereocenters. The van der Waals surface area contributed by atoms with E-state index in [4.69, 9.17) is 5.73 Å². The van der Waals surface area contributed by atoms with Crippen molar-refractivity contribution in [3.8, 4) is 0 Å². The van der Waals surface area contributed by atoms with Gasteiger partial charge in [0.05, 0.1) is 0 Å². The summed E-state index contributed by atoms with van der Waals surface area (Å²) < 4.78 is 0. The van der Waals surface area contributed by atoms with E-state index in [0.717, 1.165) is 36.4 Å². The molecule has 0 aromatic heterocycles. The third-order valence-electron chi connectivity index (χ3n) is 5.83. The standard InChI is InChI=1S/C17H34N2/c1-4-19(16-11-6-5-10-15(16)12-18)17-13(2)8-7-9-14(17)3/h13-17H,4-12,18H2,1-3H3. The number of hydrogen-bond acceptors (Lipinski definition) is 2. The lowest BCUT2D eigenvalue weighted by molar-refractivity contribution is 0.00356. The first-order valence-corrected chi connectivity index (χ1v) is 8.64. The second kappa shape index (κ2) is 7.08. The molecule has 0 bridgehead atoms. The van der Waals surface area contributed by atoms with Gasteiger partial charge in [0.1, 0.15) is 0 Å². The van der Waals surface area contributed by atoms with E-state index in [0.29, 0.717) is 0 Å². The highest BCUT2D eigenvalue weighted by molar-refractivity contribution is 4.92. The average molecular weight is 266 g/mol. The van der Waals surface area contributed by atoms with Gasteiger partial charge in [0.2, 0.25) is 0 Å². The van der Waals surface area contributed by atoms with Crippen LogP contribution in [0.4, 0.5) is 0 Å². The van der Waals surface area contributed by atoms with Gasteiger partial charge in [0, 0.05) is 12.1 Å². The van der Waals surface area contributed by atoms with Crippen LogP contribution in [0.5, 0.6) is 0 Å². The van der Waals surface area contributed by atoms with Crippen LogP contribution < -0.4 is 5.73 Å². The minimum atomic E-state index is 0.745. The van der Waals surface area contributed by atoms with Crippen LogP contribution in [0.2, 0.25) is 0 Å². The minimum Gasteiger partial charge on any atom is -0.330 e. The van der Waals surface area contributed by atoms with Gasteiger partial charge in [-0.3, -0.25) is 4.90 Å². The van der Waals surface area contributed by atoms with Crippen LogP contribution >= 0.6 is 0 Å². The van der Waals surface area contributed by atoms with E-state index < -0.39 is 0 Å². The number of rotatable bonds is 4. The third kappa shape index (κ3) is 3.33. The van der Waals surface area contributed by atoms with Gasteiger partial charge in [-0.2, -0.15) is 0 Å². The predicted molar refractivity (Wildman–Crippen MR) is 83.1 cm³/mol. The minimum absolute atomic E-state index is 0.745. The fraction of sp³-hybridized carbons (Fsp3) is 1.00. The lowest BCUT2D eigenvalue weighted by Crippen LogP contribution is -2.54. The fourth-order valence-corrected chi connectivity index (χ4v) is 4.88. The third-order valence-corrected chi connectivity index (χ3v) is 5.83. The van der Waals surface area contributed by atoms with Crippen molar-refractivity contribution in [1.82, 2.24) is 4.90 Å². The SMILES string of the molecule is CCN(C1CCCCC1CN)C1C(C)CCCC1C. The average Bonchev–Trinajstić information content (AvgIpc) is 2.43. The first kappa shape index (κ1) is 15.3. The lowest BCUT2D eigenvalue weighted by Gasteiger charge is -2.49. The molecule has 2 N–H and O–H groups in total. The van der Waals surface area contributed by atoms with Crippen LogP contribution in [0.15, 0.2) is 0 Å². The zero-order valence-electron chi connectivity index (χ0n) is 13.3. The van der Waals surface area contributed by atoms with Gasteiger partial charge in [-0.05, 0) is 56.5 Å². The monoisotopic (exact) mass is 266 g/mol. The molecule has 0 amide bonds. The summed E-state index contributed by atoms with van der Waals surface area (Å²) in [6.07, 6.45) is 9.82. The quantitative estimate of drug-likeness (QED) is 0.841. The van der Waals surface area contributed by atoms with Crippen molar-refractivity contribution in [3.05, 3.63) is 0 Å². The summed E-state index contributed by atoms with van der Waals surface area (Å²) in [5, 5.41) is 0. The molecule has 2 aliphatic rings. The molecule has 0 aromatic rings. The molecule has 2 rings (SSSR count). The fourth-order valence-electron chi connectivity index (χ4n) is 4.88. The number of hydrogen-bond donors (Lipinski definition) is 1. The van der Waals surface area contributed by atoms with E-state index in [1.807, 2.05) is 0 Å². The summed E-state index contributed by atoms with van der Waals surface area (Å²) in [5.74, 6) is 2.48. The van der Waals surface area contributed by atoms with Crippen LogP contribution in [-0.4, -0.2) is 30.1 Å². The molecule has 0 saturated heterocycles. The Hall–Kier alpha value is -0.0800. The molecule has 19 heavy (non-hydrogen) atoms. The molecule has 0 radical (unpaired) electrons. The molecule has 0 heterocycles. The van der Waals surface area contributed by atoms with E-state index in [9.17, 15) is 0 Å². The number of nitrogens with two attached hydrogens (primary N) is 1. The van der Waals surface area contributed by atoms with Gasteiger partial charge in [0.25, 0.3) is 0 Å². The molecule has 2 aliphatic carbocycles. The summed E-state index contributed by atoms with van der Waals surface area (Å²) in [6.45, 7) is 9.40. The largest absolute Gasteiger partial charge is 0.330 e. The van der Waals surface area contributed by atoms with E-state index in [-0.39, 0.29) is 0 Å². The van der Waals surface area contributed by atoms with Gasteiger partial charge < -0.3 is 5.73 Å². The van der Waals surface area contributed by atoms with Crippen LogP contribution in [0.25, 0.3) is 0 Å². The highest BCUT2D eigenvalue weighted by Gasteiger charge is 2.38. The topological polar surface area (TPSA) is 29.3 Å². The maximum absolute atomic E-state index is 6.06. The van der Waals surface area contributed by atoms with Crippen molar-refractivity contribution >= 4 is 0 Å². The molecule has 0 aliphatic heterocycles. The van der Waals surface area contributed by atoms with Crippen molar-refractivity contribution in [1.29, 1.82) is 0 Å². The van der Waals surface area contributed by atoms with Gasteiger partial charge >= 0.3 is 0 Å². The normalized spacial score (nSPS) is 40.6. The summed E-state index contributed by atoms with van der Waals surface area (Å²) >= 11 is 0. The molecule has 2 nitrogen and oxygen atoms in total. The maximum Gasteiger partial charge on any atom is 0.0149 e. The summed E-state index contributed by atoms with van der Waals surface area (Å²) in [6, 6.07) is 1.56. The van der Waals surface area contributed by atoms with Crippen LogP contribution in [-0.2, 0) is 0 Å². The Morgan fingerprint density at radius 2 is 1.58 bits per heavy atom. The Morgan fingerprint density at radius 1 is 0.947 bits per heavy atom. The highest BCUT2D eigenvalue weighted by atomic mass is 15.2. The molecular formula is C17H34N2. The van der Waals surface area contributed by atoms with Crippen LogP contribution in [0, 0.1) is 17.8 Å². The molecule has 2 saturated carbocycles. The van der Waals surface area contributed by atoms with Crippen LogP contribution in [0.1, 0.15) is 65.7 Å². The number of nitrogens with zero attached hydrogens (tertiary/aromatic N) is 1. The Bertz CT molecular complexity index is 256. The molecule has 2 heteroatoms. The van der Waals surface area contributed by atoms with Crippen LogP contribution in [0.3, 0.4) is 0 Å². The van der Waals surface area contributed by atoms with Gasteiger partial charge in [-0.1, -0.05) is 40.0 Å². The van der Waals surface area contributed by atoms with Crippen molar-refractivity contribution in [3.63, 3.8) is 0 Å². The molecule has 0 aromatic carbocycles. The van der Waals surface area contributed by atoms with E-state index in [2.05, 4.69) is 25.7 Å². The van der Waals surface area contributed by atoms with Crippen molar-refractivity contribution in [2.75, 3.05) is 13.1 Å². The van der Waals surface area contributed by atoms with E-state index >= 15 is 0 Å². The molecular weight excluding hydrogens is 232 g/mol. The smallest absolute Gasteiger partial charge is 0.0149 e. The first-order chi connectivity index (χ1) is 9.19. The van der Waals surface area contributed by atoms with Gasteiger partial charge in [-0.25, -0.2) is 0 Å². The zero-order chi connectivity index (χ0) is 13.8. The lowest BCUT2D eigenvalue weighted by atomic mass is 9.75. The van der Waals surface area contributed by atoms with E-state index in [1.165, 1.54) is 51.5 Å². The Morgan fingerprint density at radius 3 is 2.16 bits per heavy atom. The van der Waals surface area contributed by atoms with Crippen molar-refractivity contribution in [2.24, 2.45) is 23.5 Å². The molecule has 112 valence electrons. The Kier molecular flexibility index (Phi) is 5.70. The zero-order valence-corrected chi connectivity index (χ0v) is 13.3. The predicted octanol–water partition coefficient (Wildman–Crippen LogP) is 3.65. The maximum atomic E-state index is 6.06. The molecule has 0 spiro atoms. The summed E-state index contributed by atoms with van der Waals surface area (Å²) in [5.41, 5.74) is 6.06. The second-order valence-electron chi connectivity index (χ2n) is 7.05. The summed E-state index contributed by atoms with van der Waals surface area (Å²) in [7, 11) is 0. The molecule has 4 atom stereocenters. The second-order valence-corrected chi connectivity index (χ2v) is 7.05. The highest BCUT2D eigenvalue weighted by Crippen LogP contribution is 2.37. The van der Waals surface area contributed by atoms with E-state index in [1.54, 1.807) is 0 Å². The van der Waals surface area contributed by atoms with Crippen molar-refractivity contribution in [2.45, 2.75) is 77.8 Å².